The second-order valence-corrected chi connectivity index (χ2v) is 6.14. The monoisotopic (exact) mass is 389 g/mol. The van der Waals surface area contributed by atoms with E-state index in [0.717, 1.165) is 5.56 Å². The summed E-state index contributed by atoms with van der Waals surface area (Å²) in [6.07, 6.45) is 3.27. The lowest BCUT2D eigenvalue weighted by molar-refractivity contribution is -0.139. The summed E-state index contributed by atoms with van der Waals surface area (Å²) < 4.78 is 1.34. The van der Waals surface area contributed by atoms with Crippen molar-refractivity contribution in [2.75, 3.05) is 0 Å². The number of rotatable bonds is 6. The van der Waals surface area contributed by atoms with Gasteiger partial charge in [-0.05, 0) is 23.8 Å². The van der Waals surface area contributed by atoms with Crippen molar-refractivity contribution in [3.05, 3.63) is 72.2 Å². The number of hydrogen-bond acceptors (Lipinski definition) is 7. The van der Waals surface area contributed by atoms with Crippen molar-refractivity contribution < 1.29 is 14.7 Å². The normalized spacial score (nSPS) is 11.9. The molecule has 0 saturated carbocycles. The number of carbonyl (C=O) groups is 2. The number of nitrogens with one attached hydrogen (secondary N) is 1. The largest absolute Gasteiger partial charge is 0.480 e. The van der Waals surface area contributed by atoms with Crippen molar-refractivity contribution in [2.45, 2.75) is 12.5 Å². The van der Waals surface area contributed by atoms with Crippen molar-refractivity contribution in [1.29, 1.82) is 0 Å². The van der Waals surface area contributed by atoms with E-state index in [1.54, 1.807) is 36.7 Å². The summed E-state index contributed by atoms with van der Waals surface area (Å²) in [4.78, 5) is 32.5. The molecule has 0 saturated heterocycles. The number of carbonyl (C=O) groups excluding carboxylic acids is 1. The lowest BCUT2D eigenvalue weighted by Gasteiger charge is -2.14. The average Bonchev–Trinajstić information content (AvgIpc) is 3.18. The number of benzene rings is 1. The van der Waals surface area contributed by atoms with Gasteiger partial charge in [0.1, 0.15) is 11.7 Å². The molecule has 1 aromatic carbocycles. The Hall–Kier alpha value is -4.21. The molecule has 0 fully saturated rings. The predicted octanol–water partition coefficient (Wildman–Crippen LogP) is 1.01. The number of amides is 1. The van der Waals surface area contributed by atoms with Gasteiger partial charge in [0.05, 0.1) is 0 Å². The maximum atomic E-state index is 12.6. The van der Waals surface area contributed by atoms with Gasteiger partial charge in [-0.3, -0.25) is 4.79 Å². The van der Waals surface area contributed by atoms with Crippen LogP contribution in [0.25, 0.3) is 17.3 Å². The van der Waals surface area contributed by atoms with Gasteiger partial charge in [0.15, 0.2) is 11.5 Å². The van der Waals surface area contributed by atoms with Gasteiger partial charge in [-0.2, -0.15) is 9.61 Å². The standard InChI is InChI=1S/C19H15N7O3/c27-18(22-14(19(28)29)11-12-5-2-1-3-6-12)13-7-8-15-23-24-17(26(15)25-13)16-20-9-4-10-21-16/h1-10,14H,11H2,(H,22,27)(H,28,29). The highest BCUT2D eigenvalue weighted by Crippen LogP contribution is 2.12. The first kappa shape index (κ1) is 18.2. The lowest BCUT2D eigenvalue weighted by Crippen LogP contribution is -2.42. The van der Waals surface area contributed by atoms with E-state index in [4.69, 9.17) is 0 Å². The van der Waals surface area contributed by atoms with Gasteiger partial charge < -0.3 is 10.4 Å². The molecule has 0 spiro atoms. The third-order valence-electron chi connectivity index (χ3n) is 4.15. The summed E-state index contributed by atoms with van der Waals surface area (Å²) in [7, 11) is 0. The van der Waals surface area contributed by atoms with Crippen LogP contribution in [0.5, 0.6) is 0 Å². The van der Waals surface area contributed by atoms with Crippen LogP contribution in [0, 0.1) is 0 Å². The van der Waals surface area contributed by atoms with E-state index in [-0.39, 0.29) is 17.9 Å². The Morgan fingerprint density at radius 2 is 1.76 bits per heavy atom. The van der Waals surface area contributed by atoms with E-state index in [1.807, 2.05) is 18.2 Å². The third-order valence-corrected chi connectivity index (χ3v) is 4.15. The van der Waals surface area contributed by atoms with Crippen LogP contribution in [-0.2, 0) is 11.2 Å². The third kappa shape index (κ3) is 3.90. The summed E-state index contributed by atoms with van der Waals surface area (Å²) in [5.41, 5.74) is 1.22. The number of nitrogens with zero attached hydrogens (tertiary/aromatic N) is 6. The summed E-state index contributed by atoms with van der Waals surface area (Å²) in [6, 6.07) is 12.6. The number of carboxylic acids is 1. The zero-order valence-electron chi connectivity index (χ0n) is 15.0. The average molecular weight is 389 g/mol. The van der Waals surface area contributed by atoms with Crippen LogP contribution >= 0.6 is 0 Å². The van der Waals surface area contributed by atoms with E-state index in [9.17, 15) is 14.7 Å². The van der Waals surface area contributed by atoms with Gasteiger partial charge in [-0.25, -0.2) is 14.8 Å². The smallest absolute Gasteiger partial charge is 0.326 e. The number of fused-ring (bicyclic) bond motifs is 1. The van der Waals surface area contributed by atoms with Crippen molar-refractivity contribution in [3.8, 4) is 11.6 Å². The number of aromatic nitrogens is 6. The fraction of sp³-hybridized carbons (Fsp3) is 0.105. The predicted molar refractivity (Wildman–Crippen MR) is 101 cm³/mol. The summed E-state index contributed by atoms with van der Waals surface area (Å²) in [5, 5.41) is 24.2. The maximum Gasteiger partial charge on any atom is 0.326 e. The first-order valence-electron chi connectivity index (χ1n) is 8.69. The minimum atomic E-state index is -1.13. The quantitative estimate of drug-likeness (QED) is 0.499. The Bertz CT molecular complexity index is 1160. The van der Waals surface area contributed by atoms with Crippen molar-refractivity contribution in [1.82, 2.24) is 35.1 Å². The second kappa shape index (κ2) is 7.80. The van der Waals surface area contributed by atoms with Gasteiger partial charge in [0.25, 0.3) is 5.91 Å². The summed E-state index contributed by atoms with van der Waals surface area (Å²) in [5.74, 6) is -1.18. The minimum Gasteiger partial charge on any atom is -0.480 e. The number of hydrogen-bond donors (Lipinski definition) is 2. The zero-order valence-corrected chi connectivity index (χ0v) is 15.0. The van der Waals surface area contributed by atoms with Gasteiger partial charge in [-0.1, -0.05) is 30.3 Å². The van der Waals surface area contributed by atoms with Crippen LogP contribution < -0.4 is 5.32 Å². The molecule has 0 aliphatic carbocycles. The van der Waals surface area contributed by atoms with Crippen LogP contribution in [0.3, 0.4) is 0 Å². The number of carboxylic acid groups (broad SMARTS) is 1. The molecule has 2 N–H and O–H groups in total. The first-order valence-corrected chi connectivity index (χ1v) is 8.69. The molecule has 0 bridgehead atoms. The first-order chi connectivity index (χ1) is 14.1. The molecule has 4 aromatic rings. The summed E-state index contributed by atoms with van der Waals surface area (Å²) >= 11 is 0. The van der Waals surface area contributed by atoms with Crippen LogP contribution in [0.15, 0.2) is 60.9 Å². The van der Waals surface area contributed by atoms with E-state index < -0.39 is 17.9 Å². The maximum absolute atomic E-state index is 12.6. The minimum absolute atomic E-state index is 0.0220. The van der Waals surface area contributed by atoms with Crippen molar-refractivity contribution in [2.24, 2.45) is 0 Å². The Labute approximate surface area is 164 Å². The fourth-order valence-corrected chi connectivity index (χ4v) is 2.75. The molecular formula is C19H15N7O3. The zero-order chi connectivity index (χ0) is 20.2. The molecule has 10 heteroatoms. The SMILES string of the molecule is O=C(NC(Cc1ccccc1)C(=O)O)c1ccc2nnc(-c3ncccn3)n2n1. The Morgan fingerprint density at radius 3 is 2.48 bits per heavy atom. The van der Waals surface area contributed by atoms with Gasteiger partial charge in [-0.15, -0.1) is 10.2 Å². The molecule has 144 valence electrons. The summed E-state index contributed by atoms with van der Waals surface area (Å²) in [6.45, 7) is 0. The van der Waals surface area contributed by atoms with Gasteiger partial charge >= 0.3 is 5.97 Å². The van der Waals surface area contributed by atoms with Crippen molar-refractivity contribution >= 4 is 17.5 Å². The van der Waals surface area contributed by atoms with Crippen molar-refractivity contribution in [3.63, 3.8) is 0 Å². The molecule has 1 atom stereocenters. The van der Waals surface area contributed by atoms with E-state index in [2.05, 4.69) is 30.6 Å². The molecule has 0 radical (unpaired) electrons. The van der Waals surface area contributed by atoms with E-state index >= 15 is 0 Å². The number of aliphatic carboxylic acids is 1. The molecule has 1 amide bonds. The molecule has 10 nitrogen and oxygen atoms in total. The fourth-order valence-electron chi connectivity index (χ4n) is 2.75. The highest BCUT2D eigenvalue weighted by molar-refractivity contribution is 5.95. The van der Waals surface area contributed by atoms with Crippen LogP contribution in [0.2, 0.25) is 0 Å². The highest BCUT2D eigenvalue weighted by Gasteiger charge is 2.22. The van der Waals surface area contributed by atoms with E-state index in [0.29, 0.717) is 11.5 Å². The van der Waals surface area contributed by atoms with Crippen LogP contribution in [0.1, 0.15) is 16.1 Å². The molecular weight excluding hydrogens is 374 g/mol. The van der Waals surface area contributed by atoms with E-state index in [1.165, 1.54) is 10.6 Å². The molecule has 3 aromatic heterocycles. The van der Waals surface area contributed by atoms with Crippen LogP contribution in [-0.4, -0.2) is 52.8 Å². The molecule has 0 aliphatic rings. The van der Waals surface area contributed by atoms with Gasteiger partial charge in [0, 0.05) is 18.8 Å². The Kier molecular flexibility index (Phi) is 4.89. The Balaban J connectivity index is 1.60. The molecule has 1 unspecified atom stereocenters. The lowest BCUT2D eigenvalue weighted by atomic mass is 10.1. The molecule has 29 heavy (non-hydrogen) atoms. The second-order valence-electron chi connectivity index (χ2n) is 6.14. The highest BCUT2D eigenvalue weighted by atomic mass is 16.4. The van der Waals surface area contributed by atoms with Crippen LogP contribution in [0.4, 0.5) is 0 Å². The molecule has 4 rings (SSSR count). The molecule has 3 heterocycles. The van der Waals surface area contributed by atoms with Gasteiger partial charge in [0.2, 0.25) is 5.82 Å². The topological polar surface area (TPSA) is 135 Å². The Morgan fingerprint density at radius 1 is 1.00 bits per heavy atom. The molecule has 0 aliphatic heterocycles.